The predicted molar refractivity (Wildman–Crippen MR) is 64.2 cm³/mol. The van der Waals surface area contributed by atoms with Crippen LogP contribution >= 0.6 is 0 Å². The van der Waals surface area contributed by atoms with Gasteiger partial charge in [-0.15, -0.1) is 0 Å². The van der Waals surface area contributed by atoms with Gasteiger partial charge in [-0.2, -0.15) is 0 Å². The number of amides is 1. The van der Waals surface area contributed by atoms with Crippen LogP contribution in [0.3, 0.4) is 0 Å². The minimum Gasteiger partial charge on any atom is -0.355 e. The summed E-state index contributed by atoms with van der Waals surface area (Å²) in [5.74, 6) is 0.868. The van der Waals surface area contributed by atoms with Gasteiger partial charge in [0.2, 0.25) is 11.9 Å². The van der Waals surface area contributed by atoms with Crippen LogP contribution in [0.4, 0.5) is 5.95 Å². The lowest BCUT2D eigenvalue weighted by atomic mass is 10.2. The van der Waals surface area contributed by atoms with E-state index in [1.807, 2.05) is 24.7 Å². The SMILES string of the molecule is CCC(C)NC(=O)CCNc1nccn1C. The zero-order valence-corrected chi connectivity index (χ0v) is 10.2. The van der Waals surface area contributed by atoms with Gasteiger partial charge < -0.3 is 15.2 Å². The molecule has 1 rings (SSSR count). The van der Waals surface area contributed by atoms with Gasteiger partial charge >= 0.3 is 0 Å². The molecule has 0 spiro atoms. The maximum Gasteiger partial charge on any atom is 0.221 e. The van der Waals surface area contributed by atoms with E-state index >= 15 is 0 Å². The second-order valence-corrected chi connectivity index (χ2v) is 3.92. The van der Waals surface area contributed by atoms with E-state index in [1.165, 1.54) is 0 Å². The van der Waals surface area contributed by atoms with Crippen molar-refractivity contribution in [3.8, 4) is 0 Å². The van der Waals surface area contributed by atoms with Crippen molar-refractivity contribution < 1.29 is 4.79 Å². The number of carbonyl (C=O) groups is 1. The fourth-order valence-electron chi connectivity index (χ4n) is 1.27. The molecule has 0 aliphatic carbocycles. The number of imidazole rings is 1. The van der Waals surface area contributed by atoms with Gasteiger partial charge in [-0.05, 0) is 13.3 Å². The molecule has 0 aromatic carbocycles. The summed E-state index contributed by atoms with van der Waals surface area (Å²) in [5, 5.41) is 6.02. The zero-order valence-electron chi connectivity index (χ0n) is 10.2. The lowest BCUT2D eigenvalue weighted by molar-refractivity contribution is -0.121. The van der Waals surface area contributed by atoms with Crippen LogP contribution in [-0.2, 0) is 11.8 Å². The summed E-state index contributed by atoms with van der Waals surface area (Å²) >= 11 is 0. The van der Waals surface area contributed by atoms with Gasteiger partial charge in [-0.25, -0.2) is 4.98 Å². The number of carbonyl (C=O) groups excluding carboxylic acids is 1. The Morgan fingerprint density at radius 3 is 2.94 bits per heavy atom. The fraction of sp³-hybridized carbons (Fsp3) is 0.636. The quantitative estimate of drug-likeness (QED) is 0.761. The number of aromatic nitrogens is 2. The fourth-order valence-corrected chi connectivity index (χ4v) is 1.27. The third-order valence-corrected chi connectivity index (χ3v) is 2.48. The smallest absolute Gasteiger partial charge is 0.221 e. The highest BCUT2D eigenvalue weighted by molar-refractivity contribution is 5.76. The van der Waals surface area contributed by atoms with E-state index in [0.717, 1.165) is 12.4 Å². The first kappa shape index (κ1) is 12.5. The van der Waals surface area contributed by atoms with Crippen molar-refractivity contribution in [2.24, 2.45) is 7.05 Å². The molecule has 0 aliphatic rings. The summed E-state index contributed by atoms with van der Waals surface area (Å²) in [6.45, 7) is 4.66. The van der Waals surface area contributed by atoms with Crippen molar-refractivity contribution in [3.63, 3.8) is 0 Å². The number of hydrogen-bond donors (Lipinski definition) is 2. The Balaban J connectivity index is 2.21. The first-order chi connectivity index (χ1) is 7.63. The first-order valence-corrected chi connectivity index (χ1v) is 5.64. The summed E-state index contributed by atoms with van der Waals surface area (Å²) in [5.41, 5.74) is 0. The van der Waals surface area contributed by atoms with Crippen molar-refractivity contribution in [2.45, 2.75) is 32.7 Å². The molecule has 0 aliphatic heterocycles. The molecule has 90 valence electrons. The Kier molecular flexibility index (Phi) is 4.82. The Hall–Kier alpha value is -1.52. The highest BCUT2D eigenvalue weighted by atomic mass is 16.1. The molecule has 0 fully saturated rings. The lowest BCUT2D eigenvalue weighted by Gasteiger charge is -2.11. The van der Waals surface area contributed by atoms with Crippen LogP contribution in [0.2, 0.25) is 0 Å². The molecule has 0 saturated carbocycles. The van der Waals surface area contributed by atoms with Crippen molar-refractivity contribution in [2.75, 3.05) is 11.9 Å². The highest BCUT2D eigenvalue weighted by Gasteiger charge is 2.05. The largest absolute Gasteiger partial charge is 0.355 e. The van der Waals surface area contributed by atoms with Crippen LogP contribution in [0, 0.1) is 0 Å². The molecule has 1 aromatic heterocycles. The van der Waals surface area contributed by atoms with Gasteiger partial charge in [0.15, 0.2) is 0 Å². The second kappa shape index (κ2) is 6.15. The highest BCUT2D eigenvalue weighted by Crippen LogP contribution is 2.00. The molecule has 1 amide bonds. The molecule has 1 unspecified atom stereocenters. The summed E-state index contributed by atoms with van der Waals surface area (Å²) in [4.78, 5) is 15.6. The molecule has 0 radical (unpaired) electrons. The lowest BCUT2D eigenvalue weighted by Crippen LogP contribution is -2.33. The number of anilines is 1. The number of aryl methyl sites for hydroxylation is 1. The molecule has 16 heavy (non-hydrogen) atoms. The molecule has 5 heteroatoms. The van der Waals surface area contributed by atoms with Crippen LogP contribution in [0.25, 0.3) is 0 Å². The van der Waals surface area contributed by atoms with Gasteiger partial charge in [-0.3, -0.25) is 4.79 Å². The van der Waals surface area contributed by atoms with E-state index in [-0.39, 0.29) is 11.9 Å². The van der Waals surface area contributed by atoms with Crippen LogP contribution in [-0.4, -0.2) is 28.0 Å². The van der Waals surface area contributed by atoms with E-state index in [2.05, 4.69) is 22.5 Å². The topological polar surface area (TPSA) is 59.0 Å². The zero-order chi connectivity index (χ0) is 12.0. The Morgan fingerprint density at radius 2 is 2.38 bits per heavy atom. The van der Waals surface area contributed by atoms with E-state index in [9.17, 15) is 4.79 Å². The summed E-state index contributed by atoms with van der Waals surface area (Å²) < 4.78 is 1.88. The molecule has 5 nitrogen and oxygen atoms in total. The van der Waals surface area contributed by atoms with E-state index < -0.39 is 0 Å². The summed E-state index contributed by atoms with van der Waals surface area (Å²) in [6, 6.07) is 0.251. The predicted octanol–water partition coefficient (Wildman–Crippen LogP) is 1.14. The van der Waals surface area contributed by atoms with Crippen LogP contribution in [0.1, 0.15) is 26.7 Å². The normalized spacial score (nSPS) is 12.2. The third-order valence-electron chi connectivity index (χ3n) is 2.48. The van der Waals surface area contributed by atoms with Crippen molar-refractivity contribution >= 4 is 11.9 Å². The van der Waals surface area contributed by atoms with Gasteiger partial charge in [0.25, 0.3) is 0 Å². The van der Waals surface area contributed by atoms with Gasteiger partial charge in [0, 0.05) is 38.4 Å². The van der Waals surface area contributed by atoms with Crippen molar-refractivity contribution in [1.29, 1.82) is 0 Å². The van der Waals surface area contributed by atoms with Crippen LogP contribution in [0.15, 0.2) is 12.4 Å². The van der Waals surface area contributed by atoms with Crippen molar-refractivity contribution in [1.82, 2.24) is 14.9 Å². The third kappa shape index (κ3) is 3.92. The molecule has 0 saturated heterocycles. The van der Waals surface area contributed by atoms with Crippen LogP contribution in [0.5, 0.6) is 0 Å². The Morgan fingerprint density at radius 1 is 1.62 bits per heavy atom. The standard InChI is InChI=1S/C11H20N4O/c1-4-9(2)14-10(16)5-6-12-11-13-7-8-15(11)3/h7-9H,4-6H2,1-3H3,(H,12,13)(H,14,16). The van der Waals surface area contributed by atoms with Gasteiger partial charge in [0.1, 0.15) is 0 Å². The molecular formula is C11H20N4O. The monoisotopic (exact) mass is 224 g/mol. The van der Waals surface area contributed by atoms with Crippen molar-refractivity contribution in [3.05, 3.63) is 12.4 Å². The maximum absolute atomic E-state index is 11.4. The maximum atomic E-state index is 11.4. The average Bonchev–Trinajstić information content (AvgIpc) is 2.64. The summed E-state index contributed by atoms with van der Waals surface area (Å²) in [7, 11) is 1.91. The number of hydrogen-bond acceptors (Lipinski definition) is 3. The number of rotatable bonds is 6. The number of nitrogens with zero attached hydrogens (tertiary/aromatic N) is 2. The first-order valence-electron chi connectivity index (χ1n) is 5.64. The average molecular weight is 224 g/mol. The summed E-state index contributed by atoms with van der Waals surface area (Å²) in [6.07, 6.45) is 5.01. The van der Waals surface area contributed by atoms with Crippen LogP contribution < -0.4 is 10.6 Å². The molecular weight excluding hydrogens is 204 g/mol. The minimum absolute atomic E-state index is 0.0797. The second-order valence-electron chi connectivity index (χ2n) is 3.92. The Bertz CT molecular complexity index is 334. The molecule has 1 heterocycles. The van der Waals surface area contributed by atoms with E-state index in [4.69, 9.17) is 0 Å². The van der Waals surface area contributed by atoms with E-state index in [0.29, 0.717) is 13.0 Å². The minimum atomic E-state index is 0.0797. The Labute approximate surface area is 96.3 Å². The molecule has 2 N–H and O–H groups in total. The number of nitrogens with one attached hydrogen (secondary N) is 2. The molecule has 0 bridgehead atoms. The molecule has 1 atom stereocenters. The molecule has 1 aromatic rings. The van der Waals surface area contributed by atoms with Gasteiger partial charge in [-0.1, -0.05) is 6.92 Å². The van der Waals surface area contributed by atoms with Gasteiger partial charge in [0.05, 0.1) is 0 Å². The van der Waals surface area contributed by atoms with E-state index in [1.54, 1.807) is 6.20 Å².